The van der Waals surface area contributed by atoms with Gasteiger partial charge in [0.2, 0.25) is 0 Å². The molecule has 0 aromatic rings. The first-order valence-electron chi connectivity index (χ1n) is 2.30. The van der Waals surface area contributed by atoms with Crippen LogP contribution in [0, 0.1) is 0 Å². The maximum atomic E-state index is 3.60. The highest BCUT2D eigenvalue weighted by molar-refractivity contribution is 9.54. The Labute approximate surface area is 48.9 Å². The Morgan fingerprint density at radius 3 is 1.83 bits per heavy atom. The summed E-state index contributed by atoms with van der Waals surface area (Å²) in [4.78, 5) is 0. The zero-order valence-corrected chi connectivity index (χ0v) is 6.13. The van der Waals surface area contributed by atoms with Crippen molar-refractivity contribution in [3.8, 4) is 0 Å². The molecule has 0 radical (unpaired) electrons. The minimum atomic E-state index is 0.347. The van der Waals surface area contributed by atoms with Gasteiger partial charge in [-0.05, 0) is 39.2 Å². The maximum absolute atomic E-state index is 3.60. The van der Waals surface area contributed by atoms with Crippen molar-refractivity contribution in [1.29, 1.82) is 0 Å². The Kier molecular flexibility index (Phi) is 1.84. The Balaban J connectivity index is 2.18. The SMILES string of the molecule is Br[SH]1CCCC1. The Hall–Kier alpha value is 0.830. The Morgan fingerprint density at radius 1 is 1.17 bits per heavy atom. The number of thiol groups is 1. The fourth-order valence-corrected chi connectivity index (χ4v) is 3.54. The van der Waals surface area contributed by atoms with Gasteiger partial charge in [-0.15, -0.1) is 0 Å². The van der Waals surface area contributed by atoms with Crippen LogP contribution in [0.25, 0.3) is 0 Å². The van der Waals surface area contributed by atoms with Crippen molar-refractivity contribution in [1.82, 2.24) is 0 Å². The predicted molar refractivity (Wildman–Crippen MR) is 36.9 cm³/mol. The second kappa shape index (κ2) is 2.22. The van der Waals surface area contributed by atoms with Crippen molar-refractivity contribution in [3.63, 3.8) is 0 Å². The van der Waals surface area contributed by atoms with Crippen molar-refractivity contribution in [3.05, 3.63) is 0 Å². The van der Waals surface area contributed by atoms with E-state index in [9.17, 15) is 0 Å². The zero-order valence-electron chi connectivity index (χ0n) is 3.65. The van der Waals surface area contributed by atoms with Crippen LogP contribution in [0.5, 0.6) is 0 Å². The summed E-state index contributed by atoms with van der Waals surface area (Å²) in [6.07, 6.45) is 2.94. The third kappa shape index (κ3) is 1.16. The third-order valence-electron chi connectivity index (χ3n) is 1.05. The van der Waals surface area contributed by atoms with E-state index in [0.29, 0.717) is 9.33 Å². The molecule has 2 heteroatoms. The van der Waals surface area contributed by atoms with E-state index in [1.165, 1.54) is 24.3 Å². The predicted octanol–water partition coefficient (Wildman–Crippen LogP) is 2.09. The topological polar surface area (TPSA) is 0 Å². The summed E-state index contributed by atoms with van der Waals surface area (Å²) in [6, 6.07) is 0. The van der Waals surface area contributed by atoms with Crippen molar-refractivity contribution >= 4 is 24.1 Å². The van der Waals surface area contributed by atoms with E-state index >= 15 is 0 Å². The fraction of sp³-hybridized carbons (Fsp3) is 1.00. The lowest BCUT2D eigenvalue weighted by Gasteiger charge is -1.96. The Bertz CT molecular complexity index is 40.8. The van der Waals surface area contributed by atoms with Gasteiger partial charge in [0.05, 0.1) is 0 Å². The molecule has 1 rings (SSSR count). The molecule has 0 aromatic carbocycles. The molecule has 0 spiro atoms. The first-order valence-corrected chi connectivity index (χ1v) is 6.03. The molecule has 0 bridgehead atoms. The molecular weight excluding hydrogens is 160 g/mol. The van der Waals surface area contributed by atoms with Crippen molar-refractivity contribution in [2.75, 3.05) is 11.5 Å². The van der Waals surface area contributed by atoms with E-state index in [2.05, 4.69) is 14.8 Å². The van der Waals surface area contributed by atoms with Crippen LogP contribution in [-0.4, -0.2) is 11.5 Å². The van der Waals surface area contributed by atoms with Gasteiger partial charge in [0.1, 0.15) is 0 Å². The molecule has 0 aliphatic carbocycles. The van der Waals surface area contributed by atoms with Crippen LogP contribution in [0.2, 0.25) is 0 Å². The molecule has 6 heavy (non-hydrogen) atoms. The summed E-state index contributed by atoms with van der Waals surface area (Å²) in [5.74, 6) is 2.94. The molecule has 1 aliphatic rings. The van der Waals surface area contributed by atoms with E-state index in [0.717, 1.165) is 0 Å². The standard InChI is InChI=1S/C4H9BrS/c5-6-3-1-2-4-6/h6H,1-4H2. The normalized spacial score (nSPS) is 28.5. The number of halogens is 1. The number of rotatable bonds is 0. The smallest absolute Gasteiger partial charge is 0.0162 e. The lowest BCUT2D eigenvalue weighted by Crippen LogP contribution is -1.63. The molecule has 1 fully saturated rings. The summed E-state index contributed by atoms with van der Waals surface area (Å²) < 4.78 is 0. The highest BCUT2D eigenvalue weighted by atomic mass is 79.9. The lowest BCUT2D eigenvalue weighted by molar-refractivity contribution is 0.949. The minimum absolute atomic E-state index is 0.347. The summed E-state index contributed by atoms with van der Waals surface area (Å²) in [6.45, 7) is 0. The minimum Gasteiger partial charge on any atom is -0.195 e. The molecule has 1 aliphatic heterocycles. The highest BCUT2D eigenvalue weighted by Gasteiger charge is 2.05. The summed E-state index contributed by atoms with van der Waals surface area (Å²) in [5, 5.41) is 0. The number of hydrogen-bond donors (Lipinski definition) is 1. The average molecular weight is 169 g/mol. The molecule has 0 unspecified atom stereocenters. The number of hydrogen-bond acceptors (Lipinski definition) is 0. The van der Waals surface area contributed by atoms with Crippen LogP contribution in [0.4, 0.5) is 0 Å². The fourth-order valence-electron chi connectivity index (χ4n) is 0.679. The monoisotopic (exact) mass is 168 g/mol. The van der Waals surface area contributed by atoms with Crippen molar-refractivity contribution < 1.29 is 0 Å². The molecule has 0 N–H and O–H groups in total. The van der Waals surface area contributed by atoms with Gasteiger partial charge >= 0.3 is 0 Å². The molecule has 1 saturated heterocycles. The van der Waals surface area contributed by atoms with Crippen LogP contribution < -0.4 is 0 Å². The van der Waals surface area contributed by atoms with Gasteiger partial charge in [-0.25, -0.2) is 0 Å². The average Bonchev–Trinajstić information content (AvgIpc) is 1.86. The molecule has 0 aromatic heterocycles. The molecule has 0 nitrogen and oxygen atoms in total. The summed E-state index contributed by atoms with van der Waals surface area (Å²) in [5.41, 5.74) is 0. The van der Waals surface area contributed by atoms with Crippen LogP contribution in [0.1, 0.15) is 12.8 Å². The van der Waals surface area contributed by atoms with Gasteiger partial charge in [0.25, 0.3) is 0 Å². The molecule has 38 valence electrons. The molecule has 0 amide bonds. The molecule has 0 atom stereocenters. The quantitative estimate of drug-likeness (QED) is 0.527. The second-order valence-electron chi connectivity index (χ2n) is 1.62. The van der Waals surface area contributed by atoms with Crippen molar-refractivity contribution in [2.45, 2.75) is 12.8 Å². The second-order valence-corrected chi connectivity index (χ2v) is 6.45. The van der Waals surface area contributed by atoms with Crippen LogP contribution >= 0.6 is 24.1 Å². The van der Waals surface area contributed by atoms with E-state index in [-0.39, 0.29) is 0 Å². The van der Waals surface area contributed by atoms with E-state index < -0.39 is 0 Å². The largest absolute Gasteiger partial charge is 0.195 e. The van der Waals surface area contributed by atoms with E-state index in [1.807, 2.05) is 0 Å². The third-order valence-corrected chi connectivity index (χ3v) is 4.78. The summed E-state index contributed by atoms with van der Waals surface area (Å²) in [7, 11) is 0.347. The first-order chi connectivity index (χ1) is 2.89. The van der Waals surface area contributed by atoms with Crippen LogP contribution in [0.3, 0.4) is 0 Å². The highest BCUT2D eigenvalue weighted by Crippen LogP contribution is 2.40. The maximum Gasteiger partial charge on any atom is -0.0162 e. The van der Waals surface area contributed by atoms with Crippen molar-refractivity contribution in [2.24, 2.45) is 0 Å². The molecule has 1 heterocycles. The Morgan fingerprint density at radius 2 is 1.67 bits per heavy atom. The van der Waals surface area contributed by atoms with Gasteiger partial charge in [-0.3, -0.25) is 0 Å². The summed E-state index contributed by atoms with van der Waals surface area (Å²) >= 11 is 3.60. The van der Waals surface area contributed by atoms with Gasteiger partial charge in [0, 0.05) is 0 Å². The van der Waals surface area contributed by atoms with Crippen LogP contribution in [-0.2, 0) is 0 Å². The van der Waals surface area contributed by atoms with E-state index in [4.69, 9.17) is 0 Å². The molecular formula is C4H9BrS. The van der Waals surface area contributed by atoms with Gasteiger partial charge < -0.3 is 0 Å². The lowest BCUT2D eigenvalue weighted by atomic mass is 10.4. The van der Waals surface area contributed by atoms with Gasteiger partial charge in [-0.1, -0.05) is 0 Å². The van der Waals surface area contributed by atoms with Crippen LogP contribution in [0.15, 0.2) is 0 Å². The van der Waals surface area contributed by atoms with E-state index in [1.54, 1.807) is 0 Å². The first kappa shape index (κ1) is 4.98. The zero-order chi connectivity index (χ0) is 4.41. The van der Waals surface area contributed by atoms with Gasteiger partial charge in [-0.2, -0.15) is 9.33 Å². The molecule has 0 saturated carbocycles. The van der Waals surface area contributed by atoms with Gasteiger partial charge in [0.15, 0.2) is 0 Å².